The average molecular weight is 192 g/mol. The zero-order valence-corrected chi connectivity index (χ0v) is 7.44. The van der Waals surface area contributed by atoms with Crippen LogP contribution in [0.25, 0.3) is 0 Å². The van der Waals surface area contributed by atoms with Crippen LogP contribution in [0.1, 0.15) is 18.5 Å². The van der Waals surface area contributed by atoms with Crippen molar-refractivity contribution in [3.8, 4) is 5.75 Å². The molecule has 1 aromatic rings. The highest BCUT2D eigenvalue weighted by Gasteiger charge is 2.06. The Morgan fingerprint density at radius 1 is 1.50 bits per heavy atom. The highest BCUT2D eigenvalue weighted by Crippen LogP contribution is 2.18. The molecule has 0 radical (unpaired) electrons. The molecule has 0 bridgehead atoms. The predicted molar refractivity (Wildman–Crippen MR) is 47.9 cm³/mol. The molecule has 0 spiro atoms. The van der Waals surface area contributed by atoms with E-state index in [-0.39, 0.29) is 24.2 Å². The third-order valence-electron chi connectivity index (χ3n) is 1.47. The van der Waals surface area contributed by atoms with E-state index >= 15 is 0 Å². The molecule has 0 fully saturated rings. The Bertz CT molecular complexity index is 265. The molecule has 0 aromatic heterocycles. The van der Waals surface area contributed by atoms with Crippen LogP contribution in [0.5, 0.6) is 5.75 Å². The highest BCUT2D eigenvalue weighted by molar-refractivity contribution is 5.85. The van der Waals surface area contributed by atoms with E-state index in [4.69, 9.17) is 10.8 Å². The molecule has 0 unspecified atom stereocenters. The van der Waals surface area contributed by atoms with Crippen LogP contribution < -0.4 is 5.73 Å². The smallest absolute Gasteiger partial charge is 0.131 e. The quantitative estimate of drug-likeness (QED) is 0.713. The maximum atomic E-state index is 12.9. The maximum absolute atomic E-state index is 12.9. The van der Waals surface area contributed by atoms with Gasteiger partial charge in [-0.05, 0) is 13.0 Å². The summed E-state index contributed by atoms with van der Waals surface area (Å²) in [4.78, 5) is 0. The second kappa shape index (κ2) is 4.28. The minimum absolute atomic E-state index is 0. The molecule has 0 aliphatic rings. The summed E-state index contributed by atoms with van der Waals surface area (Å²) in [5.41, 5.74) is 5.86. The van der Waals surface area contributed by atoms with Crippen LogP contribution in [0.4, 0.5) is 4.39 Å². The molecule has 4 heteroatoms. The Morgan fingerprint density at radius 3 is 2.50 bits per heavy atom. The molecule has 3 N–H and O–H groups in total. The van der Waals surface area contributed by atoms with Crippen molar-refractivity contribution in [2.45, 2.75) is 13.0 Å². The van der Waals surface area contributed by atoms with E-state index < -0.39 is 5.82 Å². The molecule has 2 nitrogen and oxygen atoms in total. The molecule has 12 heavy (non-hydrogen) atoms. The van der Waals surface area contributed by atoms with Gasteiger partial charge in [-0.1, -0.05) is 6.07 Å². The maximum Gasteiger partial charge on any atom is 0.131 e. The number of halogens is 2. The first-order chi connectivity index (χ1) is 5.11. The number of hydrogen-bond acceptors (Lipinski definition) is 2. The average Bonchev–Trinajstić information content (AvgIpc) is 1.85. The van der Waals surface area contributed by atoms with E-state index in [1.54, 1.807) is 6.92 Å². The van der Waals surface area contributed by atoms with Crippen molar-refractivity contribution in [1.29, 1.82) is 0 Å². The summed E-state index contributed by atoms with van der Waals surface area (Å²) in [7, 11) is 0. The van der Waals surface area contributed by atoms with Gasteiger partial charge in [-0.3, -0.25) is 0 Å². The van der Waals surface area contributed by atoms with Gasteiger partial charge < -0.3 is 10.8 Å². The number of phenols is 1. The van der Waals surface area contributed by atoms with Crippen molar-refractivity contribution < 1.29 is 9.50 Å². The van der Waals surface area contributed by atoms with Crippen molar-refractivity contribution in [2.75, 3.05) is 0 Å². The third-order valence-corrected chi connectivity index (χ3v) is 1.47. The Labute approximate surface area is 76.6 Å². The molecule has 1 aromatic carbocycles. The Balaban J connectivity index is 0.00000121. The van der Waals surface area contributed by atoms with E-state index in [2.05, 4.69) is 0 Å². The first-order valence-corrected chi connectivity index (χ1v) is 3.35. The van der Waals surface area contributed by atoms with Crippen LogP contribution in [0, 0.1) is 5.82 Å². The lowest BCUT2D eigenvalue weighted by Crippen LogP contribution is -2.06. The summed E-state index contributed by atoms with van der Waals surface area (Å²) >= 11 is 0. The summed E-state index contributed by atoms with van der Waals surface area (Å²) < 4.78 is 12.9. The van der Waals surface area contributed by atoms with E-state index in [1.165, 1.54) is 12.1 Å². The van der Waals surface area contributed by atoms with Crippen LogP contribution >= 0.6 is 12.4 Å². The van der Waals surface area contributed by atoms with Crippen molar-refractivity contribution in [3.63, 3.8) is 0 Å². The lowest BCUT2D eigenvalue weighted by Gasteiger charge is -2.06. The number of benzene rings is 1. The zero-order valence-electron chi connectivity index (χ0n) is 6.62. The first kappa shape index (κ1) is 11.2. The molecule has 0 saturated heterocycles. The first-order valence-electron chi connectivity index (χ1n) is 3.35. The molecule has 0 amide bonds. The molecule has 0 saturated carbocycles. The second-order valence-corrected chi connectivity index (χ2v) is 2.49. The fourth-order valence-electron chi connectivity index (χ4n) is 0.885. The second-order valence-electron chi connectivity index (χ2n) is 2.49. The molecule has 0 aliphatic carbocycles. The van der Waals surface area contributed by atoms with Gasteiger partial charge >= 0.3 is 0 Å². The molecule has 1 atom stereocenters. The number of rotatable bonds is 1. The van der Waals surface area contributed by atoms with Crippen LogP contribution in [0.2, 0.25) is 0 Å². The Hall–Kier alpha value is -0.800. The number of hydrogen-bond donors (Lipinski definition) is 2. The van der Waals surface area contributed by atoms with Gasteiger partial charge in [0.15, 0.2) is 0 Å². The van der Waals surface area contributed by atoms with Gasteiger partial charge in [-0.25, -0.2) is 4.39 Å². The normalized spacial score (nSPS) is 11.9. The van der Waals surface area contributed by atoms with Gasteiger partial charge in [0.1, 0.15) is 11.6 Å². The Kier molecular flexibility index (Phi) is 4.00. The van der Waals surface area contributed by atoms with Gasteiger partial charge in [-0.15, -0.1) is 12.4 Å². The summed E-state index contributed by atoms with van der Waals surface area (Å²) in [5, 5.41) is 8.84. The van der Waals surface area contributed by atoms with Gasteiger partial charge in [0.05, 0.1) is 0 Å². The highest BCUT2D eigenvalue weighted by atomic mass is 35.5. The molecular weight excluding hydrogens is 181 g/mol. The van der Waals surface area contributed by atoms with Gasteiger partial charge in [0.25, 0.3) is 0 Å². The number of aromatic hydroxyl groups is 1. The van der Waals surface area contributed by atoms with Gasteiger partial charge in [0.2, 0.25) is 0 Å². The molecule has 0 aliphatic heterocycles. The van der Waals surface area contributed by atoms with Crippen molar-refractivity contribution >= 4 is 12.4 Å². The van der Waals surface area contributed by atoms with E-state index in [0.717, 1.165) is 6.07 Å². The lowest BCUT2D eigenvalue weighted by atomic mass is 10.1. The largest absolute Gasteiger partial charge is 0.508 e. The topological polar surface area (TPSA) is 46.2 Å². The van der Waals surface area contributed by atoms with Gasteiger partial charge in [-0.2, -0.15) is 0 Å². The molecule has 0 heterocycles. The Morgan fingerprint density at radius 2 is 2.08 bits per heavy atom. The van der Waals surface area contributed by atoms with E-state index in [9.17, 15) is 4.39 Å². The van der Waals surface area contributed by atoms with Gasteiger partial charge in [0, 0.05) is 17.7 Å². The number of nitrogens with two attached hydrogens (primary N) is 1. The van der Waals surface area contributed by atoms with Crippen LogP contribution in [-0.4, -0.2) is 5.11 Å². The standard InChI is InChI=1S/C8H10FNO.ClH/c1-5(10)7-3-2-6(11)4-8(7)9;/h2-5,11H,10H2,1H3;1H/t5-;/m1./s1. The van der Waals surface area contributed by atoms with E-state index in [1.807, 2.05) is 0 Å². The molecular formula is C8H11ClFNO. The minimum Gasteiger partial charge on any atom is -0.508 e. The van der Waals surface area contributed by atoms with Crippen LogP contribution in [0.15, 0.2) is 18.2 Å². The fraction of sp³-hybridized carbons (Fsp3) is 0.250. The summed E-state index contributed by atoms with van der Waals surface area (Å²) in [6.45, 7) is 1.69. The van der Waals surface area contributed by atoms with E-state index in [0.29, 0.717) is 5.56 Å². The van der Waals surface area contributed by atoms with Crippen molar-refractivity contribution in [3.05, 3.63) is 29.6 Å². The van der Waals surface area contributed by atoms with Crippen molar-refractivity contribution in [1.82, 2.24) is 0 Å². The fourth-order valence-corrected chi connectivity index (χ4v) is 0.885. The molecule has 1 rings (SSSR count). The van der Waals surface area contributed by atoms with Crippen LogP contribution in [-0.2, 0) is 0 Å². The third kappa shape index (κ3) is 2.36. The zero-order chi connectivity index (χ0) is 8.43. The molecule has 68 valence electrons. The monoisotopic (exact) mass is 191 g/mol. The number of phenolic OH excluding ortho intramolecular Hbond substituents is 1. The summed E-state index contributed by atoms with van der Waals surface area (Å²) in [6, 6.07) is 3.62. The lowest BCUT2D eigenvalue weighted by molar-refractivity contribution is 0.467. The van der Waals surface area contributed by atoms with Crippen molar-refractivity contribution in [2.24, 2.45) is 5.73 Å². The summed E-state index contributed by atoms with van der Waals surface area (Å²) in [5.74, 6) is -0.535. The predicted octanol–water partition coefficient (Wildman–Crippen LogP) is 1.97. The minimum atomic E-state index is -0.458. The SMILES string of the molecule is C[C@@H](N)c1ccc(O)cc1F.Cl. The van der Waals surface area contributed by atoms with Crippen LogP contribution in [0.3, 0.4) is 0 Å². The summed E-state index contributed by atoms with van der Waals surface area (Å²) in [6.07, 6.45) is 0.